The molecule has 0 aliphatic heterocycles. The van der Waals surface area contributed by atoms with Gasteiger partial charge in [0.1, 0.15) is 5.78 Å². The van der Waals surface area contributed by atoms with Crippen LogP contribution in [0.5, 0.6) is 0 Å². The molecule has 0 spiro atoms. The fourth-order valence-corrected chi connectivity index (χ4v) is 2.39. The molecule has 1 saturated carbocycles. The second kappa shape index (κ2) is 3.54. The van der Waals surface area contributed by atoms with E-state index in [1.807, 2.05) is 0 Å². The summed E-state index contributed by atoms with van der Waals surface area (Å²) in [4.78, 5) is 12.3. The first-order chi connectivity index (χ1) is 6.25. The molecule has 0 bridgehead atoms. The Morgan fingerprint density at radius 1 is 1.31 bits per heavy atom. The Morgan fingerprint density at radius 2 is 2.00 bits per heavy atom. The van der Waals surface area contributed by atoms with Crippen molar-refractivity contribution < 1.29 is 4.79 Å². The van der Waals surface area contributed by atoms with Gasteiger partial charge in [0.15, 0.2) is 0 Å². The summed E-state index contributed by atoms with van der Waals surface area (Å²) in [6.45, 7) is 2.07. The number of ketones is 1. The van der Waals surface area contributed by atoms with Gasteiger partial charge in [-0.15, -0.1) is 11.8 Å². The maximum atomic E-state index is 11.1. The molecule has 68 valence electrons. The minimum atomic E-state index is 0.239. The standard InChI is InChI=1S/C11H12OS/c1-8-2-4-9(5-3-8)13-11-7-6-10(11)12/h2-5,11H,6-7H2,1H3/t11-/m0/s1. The van der Waals surface area contributed by atoms with Gasteiger partial charge in [0, 0.05) is 11.3 Å². The Kier molecular flexibility index (Phi) is 2.40. The van der Waals surface area contributed by atoms with Crippen LogP contribution in [0.25, 0.3) is 0 Å². The number of hydrogen-bond donors (Lipinski definition) is 0. The van der Waals surface area contributed by atoms with E-state index in [2.05, 4.69) is 31.2 Å². The van der Waals surface area contributed by atoms with Gasteiger partial charge < -0.3 is 0 Å². The van der Waals surface area contributed by atoms with Crippen LogP contribution < -0.4 is 0 Å². The second-order valence-electron chi connectivity index (χ2n) is 3.42. The lowest BCUT2D eigenvalue weighted by molar-refractivity contribution is -0.122. The molecule has 0 amide bonds. The molecule has 1 aromatic carbocycles. The Labute approximate surface area is 82.5 Å². The molecule has 1 atom stereocenters. The highest BCUT2D eigenvalue weighted by atomic mass is 32.2. The zero-order valence-electron chi connectivity index (χ0n) is 7.62. The van der Waals surface area contributed by atoms with Crippen LogP contribution in [0.4, 0.5) is 0 Å². The van der Waals surface area contributed by atoms with E-state index in [-0.39, 0.29) is 5.25 Å². The third kappa shape index (κ3) is 1.94. The van der Waals surface area contributed by atoms with Crippen molar-refractivity contribution in [2.24, 2.45) is 0 Å². The third-order valence-electron chi connectivity index (χ3n) is 2.31. The summed E-state index contributed by atoms with van der Waals surface area (Å²) in [5.74, 6) is 0.408. The maximum Gasteiger partial charge on any atom is 0.146 e. The Hall–Kier alpha value is -0.760. The molecule has 13 heavy (non-hydrogen) atoms. The van der Waals surface area contributed by atoms with Gasteiger partial charge in [0.2, 0.25) is 0 Å². The minimum Gasteiger partial charge on any atom is -0.298 e. The van der Waals surface area contributed by atoms with Gasteiger partial charge >= 0.3 is 0 Å². The first-order valence-electron chi connectivity index (χ1n) is 4.52. The highest BCUT2D eigenvalue weighted by molar-refractivity contribution is 8.00. The summed E-state index contributed by atoms with van der Waals surface area (Å²) in [6, 6.07) is 8.36. The summed E-state index contributed by atoms with van der Waals surface area (Å²) in [5.41, 5.74) is 1.27. The van der Waals surface area contributed by atoms with E-state index in [0.29, 0.717) is 5.78 Å². The molecule has 0 N–H and O–H groups in total. The number of hydrogen-bond acceptors (Lipinski definition) is 2. The minimum absolute atomic E-state index is 0.239. The van der Waals surface area contributed by atoms with Crippen molar-refractivity contribution in [3.8, 4) is 0 Å². The van der Waals surface area contributed by atoms with E-state index >= 15 is 0 Å². The predicted molar refractivity (Wildman–Crippen MR) is 55.1 cm³/mol. The topological polar surface area (TPSA) is 17.1 Å². The van der Waals surface area contributed by atoms with Crippen LogP contribution in [0.2, 0.25) is 0 Å². The number of benzene rings is 1. The Balaban J connectivity index is 2.01. The molecule has 1 aliphatic rings. The smallest absolute Gasteiger partial charge is 0.146 e. The highest BCUT2D eigenvalue weighted by Crippen LogP contribution is 2.33. The highest BCUT2D eigenvalue weighted by Gasteiger charge is 2.28. The molecule has 1 nitrogen and oxygen atoms in total. The lowest BCUT2D eigenvalue weighted by atomic mass is 9.98. The first-order valence-corrected chi connectivity index (χ1v) is 5.40. The number of carbonyl (C=O) groups is 1. The van der Waals surface area contributed by atoms with Crippen LogP contribution in [0, 0.1) is 6.92 Å². The van der Waals surface area contributed by atoms with Crippen molar-refractivity contribution in [1.29, 1.82) is 0 Å². The molecule has 1 fully saturated rings. The van der Waals surface area contributed by atoms with Crippen LogP contribution in [-0.2, 0) is 4.79 Å². The van der Waals surface area contributed by atoms with Crippen molar-refractivity contribution in [1.82, 2.24) is 0 Å². The van der Waals surface area contributed by atoms with Gasteiger partial charge in [-0.1, -0.05) is 17.7 Å². The van der Waals surface area contributed by atoms with Gasteiger partial charge in [-0.05, 0) is 25.5 Å². The summed E-state index contributed by atoms with van der Waals surface area (Å²) < 4.78 is 0. The maximum absolute atomic E-state index is 11.1. The van der Waals surface area contributed by atoms with E-state index in [1.165, 1.54) is 10.5 Å². The fraction of sp³-hybridized carbons (Fsp3) is 0.364. The van der Waals surface area contributed by atoms with Gasteiger partial charge in [0.05, 0.1) is 5.25 Å². The Bertz CT molecular complexity index is 315. The van der Waals surface area contributed by atoms with Gasteiger partial charge in [-0.2, -0.15) is 0 Å². The van der Waals surface area contributed by atoms with Crippen LogP contribution in [0.15, 0.2) is 29.2 Å². The number of aryl methyl sites for hydroxylation is 1. The van der Waals surface area contributed by atoms with E-state index in [1.54, 1.807) is 11.8 Å². The number of thioether (sulfide) groups is 1. The average molecular weight is 192 g/mol. The molecule has 0 radical (unpaired) electrons. The summed E-state index contributed by atoms with van der Waals surface area (Å²) in [6.07, 6.45) is 1.83. The van der Waals surface area contributed by atoms with Crippen LogP contribution in [0.1, 0.15) is 18.4 Å². The van der Waals surface area contributed by atoms with Gasteiger partial charge in [-0.25, -0.2) is 0 Å². The number of carbonyl (C=O) groups excluding carboxylic acids is 1. The molecule has 0 saturated heterocycles. The fourth-order valence-electron chi connectivity index (χ4n) is 1.29. The van der Waals surface area contributed by atoms with E-state index < -0.39 is 0 Å². The summed E-state index contributed by atoms with van der Waals surface area (Å²) in [7, 11) is 0. The largest absolute Gasteiger partial charge is 0.298 e. The van der Waals surface area contributed by atoms with Crippen molar-refractivity contribution in [2.45, 2.75) is 29.9 Å². The molecular formula is C11H12OS. The molecule has 1 aromatic rings. The zero-order chi connectivity index (χ0) is 9.26. The molecule has 0 unspecified atom stereocenters. The monoisotopic (exact) mass is 192 g/mol. The van der Waals surface area contributed by atoms with Gasteiger partial charge in [0.25, 0.3) is 0 Å². The van der Waals surface area contributed by atoms with E-state index in [4.69, 9.17) is 0 Å². The zero-order valence-corrected chi connectivity index (χ0v) is 8.43. The molecule has 0 heterocycles. The van der Waals surface area contributed by atoms with Crippen LogP contribution in [0.3, 0.4) is 0 Å². The van der Waals surface area contributed by atoms with Crippen molar-refractivity contribution >= 4 is 17.5 Å². The molecular weight excluding hydrogens is 180 g/mol. The lowest BCUT2D eigenvalue weighted by Crippen LogP contribution is -2.27. The van der Waals surface area contributed by atoms with Crippen LogP contribution in [-0.4, -0.2) is 11.0 Å². The summed E-state index contributed by atoms with van der Waals surface area (Å²) in [5, 5.41) is 0.239. The molecule has 1 aliphatic carbocycles. The SMILES string of the molecule is Cc1ccc(S[C@H]2CCC2=O)cc1. The quantitative estimate of drug-likeness (QED) is 0.716. The average Bonchev–Trinajstić information content (AvgIpc) is 2.15. The van der Waals surface area contributed by atoms with Gasteiger partial charge in [-0.3, -0.25) is 4.79 Å². The lowest BCUT2D eigenvalue weighted by Gasteiger charge is -2.22. The normalized spacial score (nSPS) is 21.3. The summed E-state index contributed by atoms with van der Waals surface area (Å²) >= 11 is 1.70. The van der Waals surface area contributed by atoms with Crippen molar-refractivity contribution in [2.75, 3.05) is 0 Å². The van der Waals surface area contributed by atoms with E-state index in [9.17, 15) is 4.79 Å². The molecule has 2 rings (SSSR count). The second-order valence-corrected chi connectivity index (χ2v) is 4.70. The number of rotatable bonds is 2. The van der Waals surface area contributed by atoms with Crippen molar-refractivity contribution in [3.63, 3.8) is 0 Å². The van der Waals surface area contributed by atoms with Crippen LogP contribution >= 0.6 is 11.8 Å². The number of Topliss-reactive ketones (excluding diaryl/α,β-unsaturated/α-hetero) is 1. The predicted octanol–water partition coefficient (Wildman–Crippen LogP) is 2.82. The third-order valence-corrected chi connectivity index (χ3v) is 3.64. The molecule has 2 heteroatoms. The first kappa shape index (κ1) is 8.82. The van der Waals surface area contributed by atoms with Crippen molar-refractivity contribution in [3.05, 3.63) is 29.8 Å². The Morgan fingerprint density at radius 3 is 2.46 bits per heavy atom. The molecule has 0 aromatic heterocycles. The van der Waals surface area contributed by atoms with E-state index in [0.717, 1.165) is 12.8 Å².